The van der Waals surface area contributed by atoms with Crippen LogP contribution in [0.1, 0.15) is 50.6 Å². The van der Waals surface area contributed by atoms with Crippen molar-refractivity contribution >= 4 is 28.3 Å². The molecule has 1 amide bonds. The Bertz CT molecular complexity index is 479. The Labute approximate surface area is 129 Å². The Hall–Kier alpha value is -1.43. The van der Waals surface area contributed by atoms with Gasteiger partial charge < -0.3 is 10.1 Å². The number of nitrogens with zero attached hydrogens (tertiary/aromatic N) is 1. The van der Waals surface area contributed by atoms with E-state index in [2.05, 4.69) is 15.0 Å². The molecule has 1 aliphatic rings. The fourth-order valence-corrected chi connectivity index (χ4v) is 3.39. The number of esters is 1. The van der Waals surface area contributed by atoms with E-state index in [9.17, 15) is 9.59 Å². The molecule has 0 aliphatic heterocycles. The fourth-order valence-electron chi connectivity index (χ4n) is 2.67. The zero-order valence-electron chi connectivity index (χ0n) is 12.4. The third-order valence-corrected chi connectivity index (χ3v) is 4.61. The molecule has 5 nitrogen and oxygen atoms in total. The lowest BCUT2D eigenvalue weighted by Gasteiger charge is -2.12. The van der Waals surface area contributed by atoms with Gasteiger partial charge in [0.1, 0.15) is 0 Å². The minimum Gasteiger partial charge on any atom is -0.469 e. The monoisotopic (exact) mass is 310 g/mol. The summed E-state index contributed by atoms with van der Waals surface area (Å²) in [4.78, 5) is 27.4. The van der Waals surface area contributed by atoms with Crippen molar-refractivity contribution in [2.75, 3.05) is 12.4 Å². The van der Waals surface area contributed by atoms with Gasteiger partial charge >= 0.3 is 5.97 Å². The van der Waals surface area contributed by atoms with Crippen molar-refractivity contribution in [2.24, 2.45) is 5.92 Å². The summed E-state index contributed by atoms with van der Waals surface area (Å²) in [6, 6.07) is 0. The lowest BCUT2D eigenvalue weighted by molar-refractivity contribution is -0.139. The highest BCUT2D eigenvalue weighted by Gasteiger charge is 2.17. The summed E-state index contributed by atoms with van der Waals surface area (Å²) in [6.07, 6.45) is 8.08. The second-order valence-electron chi connectivity index (χ2n) is 5.51. The van der Waals surface area contributed by atoms with Crippen LogP contribution >= 0.6 is 11.3 Å². The predicted octanol–water partition coefficient (Wildman–Crippen LogP) is 3.16. The standard InChI is InChI=1S/C15H22N2O3S/c1-20-14(19)9-12-10-21-15(16-12)17-13(18)8-11-6-4-2-3-5-7-11/h10-11H,2-9H2,1H3,(H,16,17,18). The number of hydrogen-bond acceptors (Lipinski definition) is 5. The smallest absolute Gasteiger partial charge is 0.311 e. The van der Waals surface area contributed by atoms with Crippen molar-refractivity contribution in [1.82, 2.24) is 4.98 Å². The normalized spacial score (nSPS) is 16.2. The van der Waals surface area contributed by atoms with Gasteiger partial charge in [-0.1, -0.05) is 25.7 Å². The van der Waals surface area contributed by atoms with E-state index in [0.29, 0.717) is 23.2 Å². The highest BCUT2D eigenvalue weighted by molar-refractivity contribution is 7.13. The molecule has 1 fully saturated rings. The number of ether oxygens (including phenoxy) is 1. The average molecular weight is 310 g/mol. The van der Waals surface area contributed by atoms with Crippen LogP contribution in [-0.2, 0) is 20.7 Å². The number of anilines is 1. The molecule has 0 saturated heterocycles. The minimum atomic E-state index is -0.323. The summed E-state index contributed by atoms with van der Waals surface area (Å²) in [5.41, 5.74) is 0.636. The Balaban J connectivity index is 1.80. The molecule has 116 valence electrons. The van der Waals surface area contributed by atoms with Crippen molar-refractivity contribution in [3.63, 3.8) is 0 Å². The second-order valence-corrected chi connectivity index (χ2v) is 6.36. The minimum absolute atomic E-state index is 0.0286. The van der Waals surface area contributed by atoms with Gasteiger partial charge in [-0.3, -0.25) is 9.59 Å². The van der Waals surface area contributed by atoms with Gasteiger partial charge in [-0.15, -0.1) is 11.3 Å². The van der Waals surface area contributed by atoms with E-state index in [1.807, 2.05) is 0 Å². The first-order valence-electron chi connectivity index (χ1n) is 7.48. The number of hydrogen-bond donors (Lipinski definition) is 1. The molecular formula is C15H22N2O3S. The van der Waals surface area contributed by atoms with Gasteiger partial charge in [0.15, 0.2) is 5.13 Å². The molecule has 0 unspecified atom stereocenters. The molecule has 1 aliphatic carbocycles. The number of carbonyl (C=O) groups is 2. The van der Waals surface area contributed by atoms with E-state index >= 15 is 0 Å². The van der Waals surface area contributed by atoms with E-state index in [0.717, 1.165) is 12.8 Å². The van der Waals surface area contributed by atoms with Crippen LogP contribution in [0.3, 0.4) is 0 Å². The zero-order valence-corrected chi connectivity index (χ0v) is 13.2. The molecule has 0 atom stereocenters. The van der Waals surface area contributed by atoms with Crippen LogP contribution in [-0.4, -0.2) is 24.0 Å². The van der Waals surface area contributed by atoms with Crippen molar-refractivity contribution < 1.29 is 14.3 Å². The molecule has 0 bridgehead atoms. The number of nitrogens with one attached hydrogen (secondary N) is 1. The largest absolute Gasteiger partial charge is 0.469 e. The first-order chi connectivity index (χ1) is 10.2. The summed E-state index contributed by atoms with van der Waals surface area (Å²) in [6.45, 7) is 0. The molecule has 2 rings (SSSR count). The maximum Gasteiger partial charge on any atom is 0.311 e. The van der Waals surface area contributed by atoms with E-state index in [4.69, 9.17) is 0 Å². The van der Waals surface area contributed by atoms with Gasteiger partial charge in [-0.2, -0.15) is 0 Å². The topological polar surface area (TPSA) is 68.3 Å². The maximum atomic E-state index is 12.0. The van der Waals surface area contributed by atoms with Crippen LogP contribution in [0.5, 0.6) is 0 Å². The lowest BCUT2D eigenvalue weighted by atomic mass is 9.96. The quantitative estimate of drug-likeness (QED) is 0.670. The van der Waals surface area contributed by atoms with Gasteiger partial charge in [0.2, 0.25) is 5.91 Å². The molecule has 1 saturated carbocycles. The predicted molar refractivity (Wildman–Crippen MR) is 82.3 cm³/mol. The molecular weight excluding hydrogens is 288 g/mol. The summed E-state index contributed by atoms with van der Waals surface area (Å²) in [5.74, 6) is 0.208. The lowest BCUT2D eigenvalue weighted by Crippen LogP contribution is -2.16. The van der Waals surface area contributed by atoms with E-state index in [1.165, 1.54) is 44.1 Å². The third kappa shape index (κ3) is 5.46. The molecule has 6 heteroatoms. The number of methoxy groups -OCH3 is 1. The Morgan fingerprint density at radius 3 is 2.71 bits per heavy atom. The number of thiazole rings is 1. The molecule has 0 radical (unpaired) electrons. The molecule has 1 aromatic heterocycles. The molecule has 0 aromatic carbocycles. The first kappa shape index (κ1) is 15.9. The van der Waals surface area contributed by atoms with Gasteiger partial charge in [0.25, 0.3) is 0 Å². The average Bonchev–Trinajstić information content (AvgIpc) is 2.72. The van der Waals surface area contributed by atoms with Gasteiger partial charge in [-0.25, -0.2) is 4.98 Å². The number of rotatable bonds is 5. The molecule has 1 aromatic rings. The van der Waals surface area contributed by atoms with Gasteiger partial charge in [-0.05, 0) is 18.8 Å². The van der Waals surface area contributed by atoms with E-state index < -0.39 is 0 Å². The van der Waals surface area contributed by atoms with E-state index in [-0.39, 0.29) is 18.3 Å². The van der Waals surface area contributed by atoms with Gasteiger partial charge in [0.05, 0.1) is 19.2 Å². The number of carbonyl (C=O) groups excluding carboxylic acids is 2. The van der Waals surface area contributed by atoms with Crippen LogP contribution in [0, 0.1) is 5.92 Å². The van der Waals surface area contributed by atoms with Crippen molar-refractivity contribution in [3.05, 3.63) is 11.1 Å². The SMILES string of the molecule is COC(=O)Cc1csc(NC(=O)CC2CCCCCC2)n1. The highest BCUT2D eigenvalue weighted by atomic mass is 32.1. The first-order valence-corrected chi connectivity index (χ1v) is 8.36. The third-order valence-electron chi connectivity index (χ3n) is 3.80. The fraction of sp³-hybridized carbons (Fsp3) is 0.667. The van der Waals surface area contributed by atoms with Crippen LogP contribution in [0.25, 0.3) is 0 Å². The summed E-state index contributed by atoms with van der Waals surface area (Å²) >= 11 is 1.35. The summed E-state index contributed by atoms with van der Waals surface area (Å²) < 4.78 is 4.60. The van der Waals surface area contributed by atoms with Crippen LogP contribution in [0.2, 0.25) is 0 Å². The molecule has 0 spiro atoms. The number of amides is 1. The summed E-state index contributed by atoms with van der Waals surface area (Å²) in [7, 11) is 1.35. The van der Waals surface area contributed by atoms with Crippen LogP contribution < -0.4 is 5.32 Å². The van der Waals surface area contributed by atoms with E-state index in [1.54, 1.807) is 5.38 Å². The zero-order chi connectivity index (χ0) is 15.1. The van der Waals surface area contributed by atoms with Crippen molar-refractivity contribution in [1.29, 1.82) is 0 Å². The van der Waals surface area contributed by atoms with Crippen molar-refractivity contribution in [2.45, 2.75) is 51.4 Å². The number of aromatic nitrogens is 1. The Morgan fingerprint density at radius 2 is 2.05 bits per heavy atom. The Kier molecular flexibility index (Phi) is 6.17. The van der Waals surface area contributed by atoms with Crippen LogP contribution in [0.4, 0.5) is 5.13 Å². The highest BCUT2D eigenvalue weighted by Crippen LogP contribution is 2.26. The second kappa shape index (κ2) is 8.12. The Morgan fingerprint density at radius 1 is 1.33 bits per heavy atom. The molecule has 1 N–H and O–H groups in total. The molecule has 1 heterocycles. The van der Waals surface area contributed by atoms with Crippen LogP contribution in [0.15, 0.2) is 5.38 Å². The molecule has 21 heavy (non-hydrogen) atoms. The van der Waals surface area contributed by atoms with Crippen molar-refractivity contribution in [3.8, 4) is 0 Å². The summed E-state index contributed by atoms with van der Waals surface area (Å²) in [5, 5.41) is 5.18. The maximum absolute atomic E-state index is 12.0. The van der Waals surface area contributed by atoms with Gasteiger partial charge in [0, 0.05) is 11.8 Å².